The summed E-state index contributed by atoms with van der Waals surface area (Å²) in [6.45, 7) is 1.06. The van der Waals surface area contributed by atoms with Crippen molar-refractivity contribution in [1.29, 1.82) is 0 Å². The summed E-state index contributed by atoms with van der Waals surface area (Å²) in [6.07, 6.45) is 1.59. The molecule has 0 unspecified atom stereocenters. The van der Waals surface area contributed by atoms with Crippen molar-refractivity contribution in [1.82, 2.24) is 14.7 Å². The number of pyridine rings is 1. The van der Waals surface area contributed by atoms with E-state index < -0.39 is 0 Å². The first-order chi connectivity index (χ1) is 11.3. The average Bonchev–Trinajstić information content (AvgIpc) is 3.01. The van der Waals surface area contributed by atoms with Crippen LogP contribution in [0.5, 0.6) is 5.88 Å². The number of benzene rings is 1. The summed E-state index contributed by atoms with van der Waals surface area (Å²) in [5, 5.41) is 7.17. The van der Waals surface area contributed by atoms with Gasteiger partial charge in [-0.05, 0) is 35.8 Å². The fourth-order valence-electron chi connectivity index (χ4n) is 2.19. The molecule has 0 saturated heterocycles. The van der Waals surface area contributed by atoms with Crippen LogP contribution >= 0.6 is 11.5 Å². The van der Waals surface area contributed by atoms with E-state index in [0.29, 0.717) is 24.5 Å². The maximum absolute atomic E-state index is 12.1. The molecule has 0 fully saturated rings. The molecule has 0 aliphatic heterocycles. The quantitative estimate of drug-likeness (QED) is 0.680. The van der Waals surface area contributed by atoms with Crippen LogP contribution in [0.4, 0.5) is 5.82 Å². The summed E-state index contributed by atoms with van der Waals surface area (Å²) < 4.78 is 10.6. The van der Waals surface area contributed by atoms with Crippen LogP contribution in [0.3, 0.4) is 0 Å². The van der Waals surface area contributed by atoms with E-state index in [2.05, 4.69) is 20.0 Å². The summed E-state index contributed by atoms with van der Waals surface area (Å²) in [4.78, 5) is 16.1. The maximum Gasteiger partial charge on any atom is 0.256 e. The third-order valence-electron chi connectivity index (χ3n) is 3.29. The van der Waals surface area contributed by atoms with Crippen molar-refractivity contribution in [3.05, 3.63) is 48.2 Å². The van der Waals surface area contributed by atoms with E-state index in [1.165, 1.54) is 18.6 Å². The molecule has 118 valence electrons. The number of aromatic nitrogens is 2. The van der Waals surface area contributed by atoms with Gasteiger partial charge in [-0.25, -0.2) is 4.98 Å². The van der Waals surface area contributed by atoms with E-state index in [1.807, 2.05) is 24.3 Å². The topological polar surface area (TPSA) is 76.1 Å². The van der Waals surface area contributed by atoms with Gasteiger partial charge in [-0.2, -0.15) is 4.37 Å². The Hall–Kier alpha value is -2.67. The fraction of sp³-hybridized carbons (Fsp3) is 0.188. The van der Waals surface area contributed by atoms with Crippen molar-refractivity contribution in [2.45, 2.75) is 0 Å². The minimum Gasteiger partial charge on any atom is -0.480 e. The maximum atomic E-state index is 12.1. The molecule has 0 bridgehead atoms. The largest absolute Gasteiger partial charge is 0.480 e. The Morgan fingerprint density at radius 1 is 1.22 bits per heavy atom. The van der Waals surface area contributed by atoms with Crippen molar-refractivity contribution in [3.63, 3.8) is 0 Å². The average molecular weight is 328 g/mol. The number of amides is 1. The van der Waals surface area contributed by atoms with Gasteiger partial charge in [-0.1, -0.05) is 12.1 Å². The highest BCUT2D eigenvalue weighted by Crippen LogP contribution is 2.25. The Balaban J connectivity index is 1.54. The molecule has 0 spiro atoms. The molecule has 0 radical (unpaired) electrons. The summed E-state index contributed by atoms with van der Waals surface area (Å²) in [5.74, 6) is 0.960. The lowest BCUT2D eigenvalue weighted by Crippen LogP contribution is -2.29. The van der Waals surface area contributed by atoms with Gasteiger partial charge < -0.3 is 15.4 Å². The van der Waals surface area contributed by atoms with E-state index in [4.69, 9.17) is 4.74 Å². The van der Waals surface area contributed by atoms with Crippen molar-refractivity contribution in [2.75, 3.05) is 25.5 Å². The third kappa shape index (κ3) is 3.40. The number of ether oxygens (including phenoxy) is 1. The molecule has 3 aromatic rings. The van der Waals surface area contributed by atoms with Gasteiger partial charge in [0.15, 0.2) is 0 Å². The smallest absolute Gasteiger partial charge is 0.256 e. The monoisotopic (exact) mass is 328 g/mol. The first kappa shape index (κ1) is 15.2. The highest BCUT2D eigenvalue weighted by atomic mass is 32.1. The molecule has 1 aromatic carbocycles. The summed E-state index contributed by atoms with van der Waals surface area (Å²) >= 11 is 1.46. The molecule has 23 heavy (non-hydrogen) atoms. The van der Waals surface area contributed by atoms with Crippen molar-refractivity contribution >= 4 is 33.3 Å². The lowest BCUT2D eigenvalue weighted by atomic mass is 10.2. The van der Waals surface area contributed by atoms with Gasteiger partial charge >= 0.3 is 0 Å². The van der Waals surface area contributed by atoms with Gasteiger partial charge in [0.25, 0.3) is 5.91 Å². The summed E-state index contributed by atoms with van der Waals surface area (Å²) in [5.41, 5.74) is 0.425. The van der Waals surface area contributed by atoms with Crippen LogP contribution in [0.15, 0.2) is 42.6 Å². The number of carbonyl (C=O) groups excluding carboxylic acids is 1. The Kier molecular flexibility index (Phi) is 4.68. The molecular weight excluding hydrogens is 312 g/mol. The molecular formula is C16H16N4O2S. The Morgan fingerprint density at radius 3 is 2.96 bits per heavy atom. The van der Waals surface area contributed by atoms with E-state index in [0.717, 1.165) is 15.9 Å². The van der Waals surface area contributed by atoms with Crippen molar-refractivity contribution in [3.8, 4) is 5.88 Å². The molecule has 0 atom stereocenters. The number of fused-ring (bicyclic) bond motifs is 1. The Labute approximate surface area is 137 Å². The zero-order valence-corrected chi connectivity index (χ0v) is 13.4. The predicted molar refractivity (Wildman–Crippen MR) is 91.2 cm³/mol. The molecule has 2 heterocycles. The van der Waals surface area contributed by atoms with Crippen LogP contribution in [0, 0.1) is 0 Å². The van der Waals surface area contributed by atoms with Gasteiger partial charge in [0, 0.05) is 24.7 Å². The first-order valence-corrected chi connectivity index (χ1v) is 7.92. The molecule has 2 N–H and O–H groups in total. The number of anilines is 1. The van der Waals surface area contributed by atoms with E-state index in [-0.39, 0.29) is 5.91 Å². The van der Waals surface area contributed by atoms with Gasteiger partial charge in [0.05, 0.1) is 11.8 Å². The highest BCUT2D eigenvalue weighted by Gasteiger charge is 2.12. The summed E-state index contributed by atoms with van der Waals surface area (Å²) in [6, 6.07) is 11.4. The molecule has 7 heteroatoms. The minimum atomic E-state index is -0.208. The SMILES string of the molecule is COc1ncccc1C(=O)NCCNc1nsc2ccccc12. The molecule has 0 aliphatic rings. The number of methoxy groups -OCH3 is 1. The third-order valence-corrected chi connectivity index (χ3v) is 4.12. The number of rotatable bonds is 6. The number of nitrogens with zero attached hydrogens (tertiary/aromatic N) is 2. The second kappa shape index (κ2) is 7.06. The van der Waals surface area contributed by atoms with Crippen LogP contribution in [0.2, 0.25) is 0 Å². The molecule has 1 amide bonds. The van der Waals surface area contributed by atoms with Crippen LogP contribution < -0.4 is 15.4 Å². The van der Waals surface area contributed by atoms with Gasteiger partial charge in [0.2, 0.25) is 5.88 Å². The van der Waals surface area contributed by atoms with Gasteiger partial charge in [-0.3, -0.25) is 4.79 Å². The van der Waals surface area contributed by atoms with Crippen LogP contribution in [-0.2, 0) is 0 Å². The van der Waals surface area contributed by atoms with Crippen molar-refractivity contribution < 1.29 is 9.53 Å². The second-order valence-electron chi connectivity index (χ2n) is 4.77. The zero-order valence-electron chi connectivity index (χ0n) is 12.6. The molecule has 3 rings (SSSR count). The Morgan fingerprint density at radius 2 is 2.09 bits per heavy atom. The second-order valence-corrected chi connectivity index (χ2v) is 5.58. The zero-order chi connectivity index (χ0) is 16.1. The first-order valence-electron chi connectivity index (χ1n) is 7.15. The summed E-state index contributed by atoms with van der Waals surface area (Å²) in [7, 11) is 1.49. The number of hydrogen-bond donors (Lipinski definition) is 2. The van der Waals surface area contributed by atoms with Crippen LogP contribution in [0.1, 0.15) is 10.4 Å². The molecule has 0 saturated carbocycles. The van der Waals surface area contributed by atoms with E-state index in [1.54, 1.807) is 18.3 Å². The number of hydrogen-bond acceptors (Lipinski definition) is 6. The van der Waals surface area contributed by atoms with Gasteiger partial charge in [0.1, 0.15) is 11.4 Å². The predicted octanol–water partition coefficient (Wildman–Crippen LogP) is 2.54. The van der Waals surface area contributed by atoms with Crippen LogP contribution in [-0.4, -0.2) is 35.5 Å². The number of carbonyl (C=O) groups is 1. The highest BCUT2D eigenvalue weighted by molar-refractivity contribution is 7.13. The van der Waals surface area contributed by atoms with Crippen LogP contribution in [0.25, 0.3) is 10.1 Å². The molecule has 6 nitrogen and oxygen atoms in total. The minimum absolute atomic E-state index is 0.208. The Bertz CT molecular complexity index is 818. The lowest BCUT2D eigenvalue weighted by Gasteiger charge is -2.08. The van der Waals surface area contributed by atoms with Gasteiger partial charge in [-0.15, -0.1) is 0 Å². The molecule has 0 aliphatic carbocycles. The van der Waals surface area contributed by atoms with Crippen molar-refractivity contribution in [2.24, 2.45) is 0 Å². The fourth-order valence-corrected chi connectivity index (χ4v) is 2.95. The number of nitrogens with one attached hydrogen (secondary N) is 2. The molecule has 2 aromatic heterocycles. The normalized spacial score (nSPS) is 10.5. The van der Waals surface area contributed by atoms with E-state index in [9.17, 15) is 4.79 Å². The lowest BCUT2D eigenvalue weighted by molar-refractivity contribution is 0.0951. The standard InChI is InChI=1S/C16H16N4O2S/c1-22-16-12(6-4-8-19-16)15(21)18-10-9-17-14-11-5-2-3-7-13(11)23-20-14/h2-8H,9-10H2,1H3,(H,17,20)(H,18,21). The van der Waals surface area contributed by atoms with E-state index >= 15 is 0 Å².